The zero-order chi connectivity index (χ0) is 11.1. The van der Waals surface area contributed by atoms with Gasteiger partial charge in [0, 0.05) is 0 Å². The topological polar surface area (TPSA) is 52.6 Å². The Balaban J connectivity index is 4.77. The summed E-state index contributed by atoms with van der Waals surface area (Å²) in [6.45, 7) is 0. The second kappa shape index (κ2) is 7.21. The lowest BCUT2D eigenvalue weighted by Gasteiger charge is -2.00. The van der Waals surface area contributed by atoms with Crippen molar-refractivity contribution in [2.75, 3.05) is 14.2 Å². The van der Waals surface area contributed by atoms with E-state index < -0.39 is 11.9 Å². The van der Waals surface area contributed by atoms with Crippen molar-refractivity contribution in [1.82, 2.24) is 0 Å². The number of methoxy groups -OCH3 is 2. The van der Waals surface area contributed by atoms with Crippen LogP contribution in [0.1, 0.15) is 0 Å². The van der Waals surface area contributed by atoms with E-state index in [1.165, 1.54) is 24.4 Å². The van der Waals surface area contributed by atoms with Gasteiger partial charge in [-0.15, -0.1) is 0 Å². The highest BCUT2D eigenvalue weighted by atomic mass is 127. The van der Waals surface area contributed by atoms with Gasteiger partial charge in [0.25, 0.3) is 0 Å². The predicted octanol–water partition coefficient (Wildman–Crippen LogP) is 1.97. The van der Waals surface area contributed by atoms with E-state index in [-0.39, 0.29) is 0 Å². The lowest BCUT2D eigenvalue weighted by Crippen LogP contribution is -2.05. The van der Waals surface area contributed by atoms with E-state index in [1.54, 1.807) is 22.6 Å². The first-order chi connectivity index (χ1) is 6.56. The predicted molar refractivity (Wildman–Crippen MR) is 68.2 cm³/mol. The van der Waals surface area contributed by atoms with Gasteiger partial charge in [-0.2, -0.15) is 0 Å². The Morgan fingerprint density at radius 1 is 1.14 bits per heavy atom. The fourth-order valence-corrected chi connectivity index (χ4v) is 1.54. The molecule has 6 heteroatoms. The van der Waals surface area contributed by atoms with Gasteiger partial charge in [-0.05, 0) is 32.7 Å². The summed E-state index contributed by atoms with van der Waals surface area (Å²) >= 11 is 3.68. The summed E-state index contributed by atoms with van der Waals surface area (Å²) in [6.07, 6.45) is 1.41. The zero-order valence-electron chi connectivity index (χ0n) is 7.54. The summed E-state index contributed by atoms with van der Waals surface area (Å²) < 4.78 is 10.8. The van der Waals surface area contributed by atoms with Crippen molar-refractivity contribution in [2.45, 2.75) is 0 Å². The van der Waals surface area contributed by atoms with Crippen LogP contribution in [0.15, 0.2) is 19.3 Å². The van der Waals surface area contributed by atoms with Gasteiger partial charge in [0.1, 0.15) is 0 Å². The minimum absolute atomic E-state index is 0.308. The van der Waals surface area contributed by atoms with Crippen LogP contribution in [-0.4, -0.2) is 26.2 Å². The molecule has 0 aromatic carbocycles. The highest BCUT2D eigenvalue weighted by molar-refractivity contribution is 14.1. The van der Waals surface area contributed by atoms with E-state index in [4.69, 9.17) is 0 Å². The Hall–Kier alpha value is -0.120. The summed E-state index contributed by atoms with van der Waals surface area (Å²) in [4.78, 5) is 22.1. The number of carbonyl (C=O) groups excluding carboxylic acids is 2. The molecule has 0 aliphatic heterocycles. The number of rotatable bonds is 3. The molecule has 0 N–H and O–H groups in total. The van der Waals surface area contributed by atoms with Crippen LogP contribution < -0.4 is 0 Å². The van der Waals surface area contributed by atoms with Crippen molar-refractivity contribution in [3.8, 4) is 0 Å². The van der Waals surface area contributed by atoms with E-state index in [9.17, 15) is 9.59 Å². The smallest absolute Gasteiger partial charge is 0.344 e. The minimum Gasteiger partial charge on any atom is -0.465 e. The first-order valence-corrected chi connectivity index (χ1v) is 5.73. The summed E-state index contributed by atoms with van der Waals surface area (Å²) in [5.41, 5.74) is 0.308. The van der Waals surface area contributed by atoms with Gasteiger partial charge in [-0.25, -0.2) is 9.59 Å². The summed E-state index contributed by atoms with van der Waals surface area (Å²) in [5.74, 6) is -0.970. The van der Waals surface area contributed by atoms with Crippen molar-refractivity contribution in [3.63, 3.8) is 0 Å². The van der Waals surface area contributed by atoms with E-state index >= 15 is 0 Å². The molecule has 0 aromatic rings. The van der Waals surface area contributed by atoms with Crippen molar-refractivity contribution >= 4 is 57.1 Å². The lowest BCUT2D eigenvalue weighted by molar-refractivity contribution is -0.135. The molecule has 0 bridgehead atoms. The average molecular weight is 422 g/mol. The largest absolute Gasteiger partial charge is 0.465 e. The molecule has 0 saturated carbocycles. The maximum absolute atomic E-state index is 11.1. The molecule has 0 aromatic heterocycles. The zero-order valence-corrected chi connectivity index (χ0v) is 11.9. The fraction of sp³-hybridized carbons (Fsp3) is 0.250. The highest BCUT2D eigenvalue weighted by Crippen LogP contribution is 2.14. The van der Waals surface area contributed by atoms with Crippen LogP contribution in [0.3, 0.4) is 0 Å². The molecule has 0 rings (SSSR count). The van der Waals surface area contributed by atoms with Gasteiger partial charge in [0.05, 0.1) is 23.4 Å². The maximum atomic E-state index is 11.1. The number of carbonyl (C=O) groups is 2. The first-order valence-electron chi connectivity index (χ1n) is 3.41. The van der Waals surface area contributed by atoms with Crippen molar-refractivity contribution in [3.05, 3.63) is 19.3 Å². The third kappa shape index (κ3) is 4.40. The first kappa shape index (κ1) is 13.9. The monoisotopic (exact) mass is 422 g/mol. The fourth-order valence-electron chi connectivity index (χ4n) is 0.546. The van der Waals surface area contributed by atoms with Gasteiger partial charge < -0.3 is 9.47 Å². The summed E-state index contributed by atoms with van der Waals surface area (Å²) in [6, 6.07) is 0. The Bertz CT molecular complexity index is 294. The molecule has 4 nitrogen and oxygen atoms in total. The van der Waals surface area contributed by atoms with Crippen LogP contribution in [0.2, 0.25) is 0 Å². The highest BCUT2D eigenvalue weighted by Gasteiger charge is 2.11. The minimum atomic E-state index is -0.488. The van der Waals surface area contributed by atoms with Gasteiger partial charge in [-0.1, -0.05) is 22.6 Å². The molecule has 0 heterocycles. The van der Waals surface area contributed by atoms with Crippen molar-refractivity contribution in [2.24, 2.45) is 0 Å². The number of halogens is 2. The Morgan fingerprint density at radius 2 is 1.64 bits per heavy atom. The summed E-state index contributed by atoms with van der Waals surface area (Å²) in [5, 5.41) is 0. The van der Waals surface area contributed by atoms with Crippen LogP contribution >= 0.6 is 45.2 Å². The van der Waals surface area contributed by atoms with Gasteiger partial charge in [0.2, 0.25) is 0 Å². The van der Waals surface area contributed by atoms with Crippen molar-refractivity contribution in [1.29, 1.82) is 0 Å². The average Bonchev–Trinajstić information content (AvgIpc) is 2.22. The molecule has 0 aliphatic rings. The molecule has 0 spiro atoms. The number of ether oxygens (including phenoxy) is 2. The van der Waals surface area contributed by atoms with Crippen molar-refractivity contribution < 1.29 is 19.1 Å². The van der Waals surface area contributed by atoms with Gasteiger partial charge >= 0.3 is 11.9 Å². The molecule has 0 atom stereocenters. The second-order valence-corrected chi connectivity index (χ2v) is 3.82. The quantitative estimate of drug-likeness (QED) is 0.302. The Morgan fingerprint density at radius 3 is 2.00 bits per heavy atom. The van der Waals surface area contributed by atoms with Gasteiger partial charge in [0.15, 0.2) is 0 Å². The van der Waals surface area contributed by atoms with Crippen LogP contribution in [0, 0.1) is 0 Å². The molecule has 0 saturated heterocycles. The summed E-state index contributed by atoms with van der Waals surface area (Å²) in [7, 11) is 2.56. The number of esters is 2. The lowest BCUT2D eigenvalue weighted by atomic mass is 10.3. The molecular weight excluding hydrogens is 414 g/mol. The SMILES string of the molecule is COC(=O)C(I)=CC(=CI)C(=O)OC. The normalized spacial score (nSPS) is 12.3. The molecule has 0 aliphatic carbocycles. The standard InChI is InChI=1S/C8H8I2O4/c1-13-7(11)5(4-9)3-6(10)8(12)14-2/h3-4H,1-2H3. The molecule has 78 valence electrons. The maximum Gasteiger partial charge on any atom is 0.344 e. The molecule has 0 radical (unpaired) electrons. The third-order valence-electron chi connectivity index (χ3n) is 1.20. The van der Waals surface area contributed by atoms with E-state index in [2.05, 4.69) is 9.47 Å². The number of hydrogen-bond donors (Lipinski definition) is 0. The Kier molecular flexibility index (Phi) is 7.15. The van der Waals surface area contributed by atoms with Crippen LogP contribution in [0.4, 0.5) is 0 Å². The molecule has 0 unspecified atom stereocenters. The molecule has 0 amide bonds. The second-order valence-electron chi connectivity index (χ2n) is 2.04. The molecule has 0 fully saturated rings. The van der Waals surface area contributed by atoms with E-state index in [0.717, 1.165) is 0 Å². The molecular formula is C8H8I2O4. The van der Waals surface area contributed by atoms with E-state index in [0.29, 0.717) is 9.15 Å². The van der Waals surface area contributed by atoms with Gasteiger partial charge in [-0.3, -0.25) is 0 Å². The van der Waals surface area contributed by atoms with Crippen LogP contribution in [-0.2, 0) is 19.1 Å². The number of hydrogen-bond acceptors (Lipinski definition) is 4. The Labute approximate surface area is 109 Å². The van der Waals surface area contributed by atoms with Crippen LogP contribution in [0.25, 0.3) is 0 Å². The van der Waals surface area contributed by atoms with E-state index in [1.807, 2.05) is 22.6 Å². The molecule has 14 heavy (non-hydrogen) atoms. The van der Waals surface area contributed by atoms with Crippen LogP contribution in [0.5, 0.6) is 0 Å². The third-order valence-corrected chi connectivity index (χ3v) is 2.62.